The lowest BCUT2D eigenvalue weighted by Gasteiger charge is -2.20. The molecule has 3 N–H and O–H groups in total. The number of hydrogen-bond donors (Lipinski definition) is 2. The zero-order chi connectivity index (χ0) is 12.6. The van der Waals surface area contributed by atoms with Gasteiger partial charge in [-0.2, -0.15) is 0 Å². The van der Waals surface area contributed by atoms with Gasteiger partial charge in [-0.25, -0.2) is 13.8 Å². The molecule has 0 fully saturated rings. The Morgan fingerprint density at radius 1 is 1.35 bits per heavy atom. The van der Waals surface area contributed by atoms with E-state index < -0.39 is 17.2 Å². The minimum Gasteiger partial charge on any atom is -0.340 e. The standard InChI is InChI=1S/C12H15F2N3/c1-3-4-12(2,15)11-16-9-5-7(13)8(14)6-10(9)17-11/h5-6H,3-4,15H2,1-2H3,(H,16,17). The fourth-order valence-electron chi connectivity index (χ4n) is 1.91. The average Bonchev–Trinajstić information content (AvgIpc) is 2.62. The molecule has 0 saturated carbocycles. The van der Waals surface area contributed by atoms with E-state index in [-0.39, 0.29) is 0 Å². The Balaban J connectivity index is 2.51. The molecule has 0 bridgehead atoms. The Hall–Kier alpha value is -1.49. The number of benzene rings is 1. The van der Waals surface area contributed by atoms with Crippen molar-refractivity contribution in [2.75, 3.05) is 0 Å². The molecule has 0 aliphatic rings. The van der Waals surface area contributed by atoms with Gasteiger partial charge in [-0.3, -0.25) is 0 Å². The van der Waals surface area contributed by atoms with E-state index in [1.165, 1.54) is 0 Å². The molecular formula is C12H15F2N3. The Kier molecular flexibility index (Phi) is 2.87. The molecule has 0 saturated heterocycles. The summed E-state index contributed by atoms with van der Waals surface area (Å²) in [6.07, 6.45) is 1.66. The maximum Gasteiger partial charge on any atom is 0.161 e. The third-order valence-corrected chi connectivity index (χ3v) is 2.83. The molecule has 1 aromatic heterocycles. The van der Waals surface area contributed by atoms with Crippen molar-refractivity contribution in [2.45, 2.75) is 32.2 Å². The van der Waals surface area contributed by atoms with Crippen molar-refractivity contribution in [3.8, 4) is 0 Å². The molecule has 0 amide bonds. The molecule has 0 spiro atoms. The molecule has 17 heavy (non-hydrogen) atoms. The summed E-state index contributed by atoms with van der Waals surface area (Å²) in [5.74, 6) is -1.23. The van der Waals surface area contributed by atoms with E-state index in [4.69, 9.17) is 5.73 Å². The lowest BCUT2D eigenvalue weighted by atomic mass is 9.97. The van der Waals surface area contributed by atoms with Gasteiger partial charge in [0.25, 0.3) is 0 Å². The third-order valence-electron chi connectivity index (χ3n) is 2.83. The van der Waals surface area contributed by atoms with Gasteiger partial charge in [0, 0.05) is 12.1 Å². The smallest absolute Gasteiger partial charge is 0.161 e. The second-order valence-corrected chi connectivity index (χ2v) is 4.54. The van der Waals surface area contributed by atoms with Gasteiger partial charge in [0.2, 0.25) is 0 Å². The van der Waals surface area contributed by atoms with Gasteiger partial charge in [0.1, 0.15) is 5.82 Å². The monoisotopic (exact) mass is 239 g/mol. The number of aromatic nitrogens is 2. The summed E-state index contributed by atoms with van der Waals surface area (Å²) >= 11 is 0. The SMILES string of the molecule is CCCC(C)(N)c1nc2cc(F)c(F)cc2[nH]1. The number of H-pyrrole nitrogens is 1. The van der Waals surface area contributed by atoms with Gasteiger partial charge in [-0.05, 0) is 13.3 Å². The van der Waals surface area contributed by atoms with Gasteiger partial charge >= 0.3 is 0 Å². The molecule has 2 aromatic rings. The molecule has 1 atom stereocenters. The number of nitrogens with two attached hydrogens (primary N) is 1. The molecule has 92 valence electrons. The Bertz CT molecular complexity index is 507. The van der Waals surface area contributed by atoms with Crippen LogP contribution in [-0.4, -0.2) is 9.97 Å². The summed E-state index contributed by atoms with van der Waals surface area (Å²) in [7, 11) is 0. The number of fused-ring (bicyclic) bond motifs is 1. The topological polar surface area (TPSA) is 54.7 Å². The van der Waals surface area contributed by atoms with Crippen molar-refractivity contribution < 1.29 is 8.78 Å². The van der Waals surface area contributed by atoms with Crippen LogP contribution < -0.4 is 5.73 Å². The number of hydrogen-bond acceptors (Lipinski definition) is 2. The van der Waals surface area contributed by atoms with E-state index in [1.54, 1.807) is 0 Å². The first-order valence-corrected chi connectivity index (χ1v) is 5.58. The van der Waals surface area contributed by atoms with Crippen LogP contribution in [0.3, 0.4) is 0 Å². The van der Waals surface area contributed by atoms with Crippen LogP contribution in [0.1, 0.15) is 32.5 Å². The highest BCUT2D eigenvalue weighted by molar-refractivity contribution is 5.75. The highest BCUT2D eigenvalue weighted by Crippen LogP contribution is 2.24. The quantitative estimate of drug-likeness (QED) is 0.865. The fourth-order valence-corrected chi connectivity index (χ4v) is 1.91. The Morgan fingerprint density at radius 2 is 2.00 bits per heavy atom. The molecule has 3 nitrogen and oxygen atoms in total. The average molecular weight is 239 g/mol. The van der Waals surface area contributed by atoms with Gasteiger partial charge in [-0.1, -0.05) is 13.3 Å². The van der Waals surface area contributed by atoms with Crippen molar-refractivity contribution in [3.05, 3.63) is 29.6 Å². The summed E-state index contributed by atoms with van der Waals surface area (Å²) in [5, 5.41) is 0. The van der Waals surface area contributed by atoms with Crippen LogP contribution >= 0.6 is 0 Å². The first kappa shape index (κ1) is 12.0. The van der Waals surface area contributed by atoms with Crippen LogP contribution in [0.2, 0.25) is 0 Å². The molecular weight excluding hydrogens is 224 g/mol. The summed E-state index contributed by atoms with van der Waals surface area (Å²) in [5.41, 5.74) is 6.36. The summed E-state index contributed by atoms with van der Waals surface area (Å²) < 4.78 is 26.1. The molecule has 1 heterocycles. The zero-order valence-corrected chi connectivity index (χ0v) is 9.85. The fraction of sp³-hybridized carbons (Fsp3) is 0.417. The predicted octanol–water partition coefficient (Wildman–Crippen LogP) is 2.82. The lowest BCUT2D eigenvalue weighted by molar-refractivity contribution is 0.424. The Labute approximate surface area is 98.0 Å². The van der Waals surface area contributed by atoms with Crippen LogP contribution in [0.5, 0.6) is 0 Å². The normalized spacial score (nSPS) is 15.1. The molecule has 0 radical (unpaired) electrons. The predicted molar refractivity (Wildman–Crippen MR) is 62.5 cm³/mol. The minimum absolute atomic E-state index is 0.395. The second kappa shape index (κ2) is 4.07. The van der Waals surface area contributed by atoms with E-state index in [1.807, 2.05) is 13.8 Å². The first-order chi connectivity index (χ1) is 7.94. The molecule has 1 unspecified atom stereocenters. The van der Waals surface area contributed by atoms with E-state index in [0.29, 0.717) is 16.9 Å². The number of nitrogens with zero attached hydrogens (tertiary/aromatic N) is 1. The first-order valence-electron chi connectivity index (χ1n) is 5.58. The zero-order valence-electron chi connectivity index (χ0n) is 9.85. The number of nitrogens with one attached hydrogen (secondary N) is 1. The molecule has 1 aromatic carbocycles. The second-order valence-electron chi connectivity index (χ2n) is 4.54. The number of rotatable bonds is 3. The largest absolute Gasteiger partial charge is 0.340 e. The summed E-state index contributed by atoms with van der Waals surface area (Å²) in [6.45, 7) is 3.87. The van der Waals surface area contributed by atoms with Crippen LogP contribution in [0.15, 0.2) is 12.1 Å². The summed E-state index contributed by atoms with van der Waals surface area (Å²) in [6, 6.07) is 2.18. The van der Waals surface area contributed by atoms with Crippen molar-refractivity contribution in [2.24, 2.45) is 5.73 Å². The van der Waals surface area contributed by atoms with Crippen molar-refractivity contribution in [1.29, 1.82) is 0 Å². The van der Waals surface area contributed by atoms with Gasteiger partial charge in [0.05, 0.1) is 16.6 Å². The van der Waals surface area contributed by atoms with E-state index in [0.717, 1.165) is 25.0 Å². The van der Waals surface area contributed by atoms with Gasteiger partial charge in [-0.15, -0.1) is 0 Å². The number of aromatic amines is 1. The molecule has 0 aliphatic heterocycles. The van der Waals surface area contributed by atoms with Gasteiger partial charge < -0.3 is 10.7 Å². The van der Waals surface area contributed by atoms with E-state index >= 15 is 0 Å². The minimum atomic E-state index is -0.898. The maximum absolute atomic E-state index is 13.0. The number of imidazole rings is 1. The van der Waals surface area contributed by atoms with Crippen LogP contribution in [-0.2, 0) is 5.54 Å². The maximum atomic E-state index is 13.0. The molecule has 2 rings (SSSR count). The van der Waals surface area contributed by atoms with E-state index in [2.05, 4.69) is 9.97 Å². The van der Waals surface area contributed by atoms with Gasteiger partial charge in [0.15, 0.2) is 11.6 Å². The highest BCUT2D eigenvalue weighted by atomic mass is 19.2. The summed E-state index contributed by atoms with van der Waals surface area (Å²) in [4.78, 5) is 7.16. The lowest BCUT2D eigenvalue weighted by Crippen LogP contribution is -2.34. The van der Waals surface area contributed by atoms with Crippen LogP contribution in [0, 0.1) is 11.6 Å². The number of halogens is 2. The highest BCUT2D eigenvalue weighted by Gasteiger charge is 2.24. The van der Waals surface area contributed by atoms with Crippen molar-refractivity contribution in [3.63, 3.8) is 0 Å². The Morgan fingerprint density at radius 3 is 2.65 bits per heavy atom. The van der Waals surface area contributed by atoms with Crippen molar-refractivity contribution >= 4 is 11.0 Å². The third kappa shape index (κ3) is 2.15. The van der Waals surface area contributed by atoms with E-state index in [9.17, 15) is 8.78 Å². The molecule has 0 aliphatic carbocycles. The van der Waals surface area contributed by atoms with Crippen LogP contribution in [0.25, 0.3) is 11.0 Å². The molecule has 5 heteroatoms. The van der Waals surface area contributed by atoms with Crippen LogP contribution in [0.4, 0.5) is 8.78 Å². The van der Waals surface area contributed by atoms with Crippen molar-refractivity contribution in [1.82, 2.24) is 9.97 Å².